The molecule has 0 bridgehead atoms. The number of carbonyl (C=O) groups excluding carboxylic acids is 2. The Hall–Kier alpha value is -2.84. The van der Waals surface area contributed by atoms with Gasteiger partial charge in [0.15, 0.2) is 0 Å². The molecule has 1 N–H and O–H groups in total. The smallest absolute Gasteiger partial charge is 0.383 e. The molecule has 180 valence electrons. The van der Waals surface area contributed by atoms with Crippen molar-refractivity contribution in [2.24, 2.45) is 5.92 Å². The number of benzene rings is 1. The van der Waals surface area contributed by atoms with Crippen molar-refractivity contribution in [3.8, 4) is 6.07 Å². The van der Waals surface area contributed by atoms with Gasteiger partial charge in [-0.2, -0.15) is 18.4 Å². The maximum Gasteiger partial charge on any atom is 0.417 e. The first-order valence-electron chi connectivity index (χ1n) is 10.8. The first-order valence-corrected chi connectivity index (χ1v) is 10.8. The van der Waals surface area contributed by atoms with Crippen molar-refractivity contribution < 1.29 is 32.2 Å². The molecule has 0 aliphatic carbocycles. The summed E-state index contributed by atoms with van der Waals surface area (Å²) in [5, 5.41) is 11.8. The van der Waals surface area contributed by atoms with Gasteiger partial charge < -0.3 is 24.6 Å². The fourth-order valence-corrected chi connectivity index (χ4v) is 4.14. The van der Waals surface area contributed by atoms with E-state index in [9.17, 15) is 22.8 Å². The van der Waals surface area contributed by atoms with E-state index in [2.05, 4.69) is 5.32 Å². The largest absolute Gasteiger partial charge is 0.417 e. The molecule has 0 radical (unpaired) electrons. The third-order valence-corrected chi connectivity index (χ3v) is 5.94. The van der Waals surface area contributed by atoms with E-state index < -0.39 is 23.3 Å². The number of hydrogen-bond acceptors (Lipinski definition) is 6. The monoisotopic (exact) mass is 468 g/mol. The summed E-state index contributed by atoms with van der Waals surface area (Å²) in [5.41, 5.74) is -1.24. The summed E-state index contributed by atoms with van der Waals surface area (Å²) in [6.45, 7) is 2.00. The first-order chi connectivity index (χ1) is 15.8. The van der Waals surface area contributed by atoms with Crippen LogP contribution in [0.3, 0.4) is 0 Å². The molecule has 0 aromatic heterocycles. The highest BCUT2D eigenvalue weighted by Crippen LogP contribution is 2.35. The lowest BCUT2D eigenvalue weighted by Crippen LogP contribution is -2.62. The zero-order valence-electron chi connectivity index (χ0n) is 18.4. The van der Waals surface area contributed by atoms with Crippen LogP contribution in [0, 0.1) is 17.2 Å². The van der Waals surface area contributed by atoms with Crippen LogP contribution in [-0.2, 0) is 25.2 Å². The van der Waals surface area contributed by atoms with Gasteiger partial charge in [-0.25, -0.2) is 0 Å². The average Bonchev–Trinajstić information content (AvgIpc) is 2.83. The molecule has 33 heavy (non-hydrogen) atoms. The van der Waals surface area contributed by atoms with Gasteiger partial charge >= 0.3 is 6.18 Å². The minimum Gasteiger partial charge on any atom is -0.383 e. The molecule has 3 rings (SSSR count). The minimum absolute atomic E-state index is 0.0387. The van der Waals surface area contributed by atoms with Crippen molar-refractivity contribution in [2.75, 3.05) is 58.0 Å². The Labute approximate surface area is 190 Å². The molecule has 1 unspecified atom stereocenters. The summed E-state index contributed by atoms with van der Waals surface area (Å²) in [7, 11) is 1.50. The molecule has 2 aliphatic heterocycles. The summed E-state index contributed by atoms with van der Waals surface area (Å²) in [5.74, 6) is -0.770. The molecule has 2 fully saturated rings. The lowest BCUT2D eigenvalue weighted by molar-refractivity contribution is -0.146. The maximum atomic E-state index is 13.4. The number of anilines is 1. The molecular formula is C22H27F3N4O4. The second-order valence-corrected chi connectivity index (χ2v) is 8.00. The molecule has 2 heterocycles. The number of alkyl halides is 3. The number of rotatable bonds is 6. The minimum atomic E-state index is -4.68. The van der Waals surface area contributed by atoms with Gasteiger partial charge in [-0.1, -0.05) is 0 Å². The molecule has 1 atom stereocenters. The highest BCUT2D eigenvalue weighted by Gasteiger charge is 2.39. The summed E-state index contributed by atoms with van der Waals surface area (Å²) < 4.78 is 50.6. The molecule has 1 aromatic carbocycles. The van der Waals surface area contributed by atoms with E-state index in [-0.39, 0.29) is 49.6 Å². The van der Waals surface area contributed by atoms with Crippen molar-refractivity contribution in [3.05, 3.63) is 29.3 Å². The van der Waals surface area contributed by atoms with Gasteiger partial charge in [0.2, 0.25) is 11.8 Å². The van der Waals surface area contributed by atoms with Crippen LogP contribution in [-0.4, -0.2) is 75.9 Å². The van der Waals surface area contributed by atoms with Crippen LogP contribution < -0.4 is 10.2 Å². The van der Waals surface area contributed by atoms with E-state index >= 15 is 0 Å². The Balaban J connectivity index is 1.84. The van der Waals surface area contributed by atoms with Crippen LogP contribution in [0.1, 0.15) is 24.0 Å². The van der Waals surface area contributed by atoms with Crippen LogP contribution >= 0.6 is 0 Å². The fraction of sp³-hybridized carbons (Fsp3) is 0.591. The van der Waals surface area contributed by atoms with E-state index in [1.807, 2.05) is 0 Å². The van der Waals surface area contributed by atoms with Gasteiger partial charge in [0.05, 0.1) is 23.8 Å². The normalized spacial score (nSPS) is 19.8. The first kappa shape index (κ1) is 24.8. The molecule has 2 saturated heterocycles. The molecule has 0 saturated carbocycles. The standard InChI is InChI=1S/C22H27F3N4O4/c1-32-11-6-27-20(30)19-14-28(7-8-29(19)21(31)15-4-9-33-10-5-15)17-3-2-16(13-26)18(12-17)22(23,24)25/h2-3,12,15,19H,4-11,14H2,1H3,(H,27,30). The van der Waals surface area contributed by atoms with Crippen LogP contribution in [0.5, 0.6) is 0 Å². The molecule has 8 nitrogen and oxygen atoms in total. The number of carbonyl (C=O) groups is 2. The number of nitrogens with zero attached hydrogens (tertiary/aromatic N) is 3. The Morgan fingerprint density at radius 3 is 2.64 bits per heavy atom. The summed E-state index contributed by atoms with van der Waals surface area (Å²) in [6, 6.07) is 4.19. The number of nitrogens with one attached hydrogen (secondary N) is 1. The number of amides is 2. The lowest BCUT2D eigenvalue weighted by Gasteiger charge is -2.43. The maximum absolute atomic E-state index is 13.4. The number of ether oxygens (including phenoxy) is 2. The van der Waals surface area contributed by atoms with E-state index in [1.165, 1.54) is 18.1 Å². The van der Waals surface area contributed by atoms with Gasteiger partial charge in [-0.15, -0.1) is 0 Å². The average molecular weight is 468 g/mol. The molecule has 2 amide bonds. The van der Waals surface area contributed by atoms with Gasteiger partial charge in [0, 0.05) is 58.1 Å². The Morgan fingerprint density at radius 2 is 2.00 bits per heavy atom. The van der Waals surface area contributed by atoms with Crippen molar-refractivity contribution in [2.45, 2.75) is 25.1 Å². The summed E-state index contributed by atoms with van der Waals surface area (Å²) in [6.07, 6.45) is -3.54. The van der Waals surface area contributed by atoms with Crippen molar-refractivity contribution in [3.63, 3.8) is 0 Å². The highest BCUT2D eigenvalue weighted by atomic mass is 19.4. The number of methoxy groups -OCH3 is 1. The van der Waals surface area contributed by atoms with E-state index in [0.29, 0.717) is 32.7 Å². The zero-order chi connectivity index (χ0) is 24.0. The summed E-state index contributed by atoms with van der Waals surface area (Å²) >= 11 is 0. The lowest BCUT2D eigenvalue weighted by atomic mass is 9.96. The molecular weight excluding hydrogens is 441 g/mol. The molecule has 2 aliphatic rings. The SMILES string of the molecule is COCCNC(=O)C1CN(c2ccc(C#N)c(C(F)(F)F)c2)CCN1C(=O)C1CCOCC1. The molecule has 0 spiro atoms. The number of piperazine rings is 1. The second kappa shape index (κ2) is 10.9. The number of nitriles is 1. The summed E-state index contributed by atoms with van der Waals surface area (Å²) in [4.78, 5) is 29.3. The molecule has 1 aromatic rings. The topological polar surface area (TPSA) is 94.9 Å². The Kier molecular flexibility index (Phi) is 8.15. The van der Waals surface area contributed by atoms with Crippen LogP contribution in [0.2, 0.25) is 0 Å². The second-order valence-electron chi connectivity index (χ2n) is 8.00. The highest BCUT2D eigenvalue weighted by molar-refractivity contribution is 5.89. The fourth-order valence-electron chi connectivity index (χ4n) is 4.14. The quantitative estimate of drug-likeness (QED) is 0.640. The molecule has 11 heteroatoms. The number of hydrogen-bond donors (Lipinski definition) is 1. The zero-order valence-corrected chi connectivity index (χ0v) is 18.4. The Morgan fingerprint density at radius 1 is 1.27 bits per heavy atom. The van der Waals surface area contributed by atoms with Gasteiger partial charge in [-0.05, 0) is 31.0 Å². The Bertz CT molecular complexity index is 897. The van der Waals surface area contributed by atoms with Crippen LogP contribution in [0.4, 0.5) is 18.9 Å². The van der Waals surface area contributed by atoms with Gasteiger partial charge in [0.25, 0.3) is 0 Å². The van der Waals surface area contributed by atoms with Crippen molar-refractivity contribution >= 4 is 17.5 Å². The van der Waals surface area contributed by atoms with E-state index in [0.717, 1.165) is 12.1 Å². The van der Waals surface area contributed by atoms with Crippen LogP contribution in [0.25, 0.3) is 0 Å². The number of halogens is 3. The third kappa shape index (κ3) is 5.94. The van der Waals surface area contributed by atoms with Gasteiger partial charge in [0.1, 0.15) is 6.04 Å². The van der Waals surface area contributed by atoms with Crippen molar-refractivity contribution in [1.29, 1.82) is 5.26 Å². The van der Waals surface area contributed by atoms with E-state index in [1.54, 1.807) is 11.0 Å². The van der Waals surface area contributed by atoms with E-state index in [4.69, 9.17) is 14.7 Å². The van der Waals surface area contributed by atoms with Crippen LogP contribution in [0.15, 0.2) is 18.2 Å². The third-order valence-electron chi connectivity index (χ3n) is 5.94. The van der Waals surface area contributed by atoms with Gasteiger partial charge in [-0.3, -0.25) is 9.59 Å². The van der Waals surface area contributed by atoms with Crippen molar-refractivity contribution in [1.82, 2.24) is 10.2 Å². The predicted molar refractivity (Wildman–Crippen MR) is 112 cm³/mol. The predicted octanol–water partition coefficient (Wildman–Crippen LogP) is 1.78.